The Hall–Kier alpha value is -3.92. The molecule has 0 spiro atoms. The number of non-ortho nitro benzene ring substituents is 1. The number of thiazole rings is 1. The quantitative estimate of drug-likeness (QED) is 0.271. The Morgan fingerprint density at radius 3 is 2.43 bits per heavy atom. The van der Waals surface area contributed by atoms with E-state index < -0.39 is 29.2 Å². The first-order chi connectivity index (χ1) is 14.4. The second-order valence-corrected chi connectivity index (χ2v) is 7.45. The molecule has 2 aromatic carbocycles. The number of carbonyl (C=O) groups is 3. The highest BCUT2D eigenvalue weighted by atomic mass is 32.1. The van der Waals surface area contributed by atoms with E-state index in [2.05, 4.69) is 11.6 Å². The Labute approximate surface area is 173 Å². The number of benzene rings is 2. The second-order valence-electron chi connectivity index (χ2n) is 6.44. The van der Waals surface area contributed by atoms with Crippen LogP contribution in [-0.4, -0.2) is 38.7 Å². The standard InChI is InChI=1S/C20H14N4O5S/c1-2-9-22-15-10-12(24(28)29)7-8-16(15)30-20(22)21-17(25)11-23-18(26)13-5-3-4-6-14(13)19(23)27/h2-8,10H,1,9,11H2. The van der Waals surface area contributed by atoms with Gasteiger partial charge in [-0.15, -0.1) is 6.58 Å². The van der Waals surface area contributed by atoms with Crippen LogP contribution < -0.4 is 4.80 Å². The molecule has 0 unspecified atom stereocenters. The van der Waals surface area contributed by atoms with Crippen LogP contribution in [0.25, 0.3) is 10.2 Å². The predicted molar refractivity (Wildman–Crippen MR) is 109 cm³/mol. The Balaban J connectivity index is 1.69. The highest BCUT2D eigenvalue weighted by molar-refractivity contribution is 7.16. The van der Waals surface area contributed by atoms with Crippen molar-refractivity contribution in [1.29, 1.82) is 0 Å². The Kier molecular flexibility index (Phi) is 4.84. The van der Waals surface area contributed by atoms with Crippen molar-refractivity contribution in [3.8, 4) is 0 Å². The lowest BCUT2D eigenvalue weighted by Crippen LogP contribution is -2.35. The topological polar surface area (TPSA) is 115 Å². The van der Waals surface area contributed by atoms with Gasteiger partial charge in [0.05, 0.1) is 26.3 Å². The molecule has 1 aliphatic rings. The molecular formula is C20H14N4O5S. The summed E-state index contributed by atoms with van der Waals surface area (Å²) in [7, 11) is 0. The fourth-order valence-corrected chi connectivity index (χ4v) is 4.26. The molecule has 9 nitrogen and oxygen atoms in total. The molecule has 3 aromatic rings. The van der Waals surface area contributed by atoms with E-state index in [9.17, 15) is 24.5 Å². The van der Waals surface area contributed by atoms with Gasteiger partial charge < -0.3 is 4.57 Å². The van der Waals surface area contributed by atoms with Crippen LogP contribution >= 0.6 is 11.3 Å². The normalized spacial score (nSPS) is 13.7. The van der Waals surface area contributed by atoms with E-state index in [0.717, 1.165) is 4.90 Å². The molecule has 0 atom stereocenters. The van der Waals surface area contributed by atoms with Gasteiger partial charge in [-0.2, -0.15) is 4.99 Å². The van der Waals surface area contributed by atoms with Crippen molar-refractivity contribution in [2.24, 2.45) is 4.99 Å². The molecule has 0 fully saturated rings. The number of hydrogen-bond donors (Lipinski definition) is 0. The van der Waals surface area contributed by atoms with Gasteiger partial charge in [0.2, 0.25) is 0 Å². The van der Waals surface area contributed by atoms with Crippen LogP contribution in [0.3, 0.4) is 0 Å². The van der Waals surface area contributed by atoms with Crippen LogP contribution in [-0.2, 0) is 11.3 Å². The molecule has 0 saturated heterocycles. The lowest BCUT2D eigenvalue weighted by atomic mass is 10.1. The zero-order chi connectivity index (χ0) is 21.4. The maximum atomic E-state index is 12.6. The number of rotatable bonds is 5. The van der Waals surface area contributed by atoms with Gasteiger partial charge in [-0.1, -0.05) is 29.5 Å². The third-order valence-corrected chi connectivity index (χ3v) is 5.64. The molecule has 3 amide bonds. The van der Waals surface area contributed by atoms with E-state index in [-0.39, 0.29) is 23.4 Å². The average Bonchev–Trinajstić information content (AvgIpc) is 3.18. The second kappa shape index (κ2) is 7.48. The van der Waals surface area contributed by atoms with Crippen molar-refractivity contribution >= 4 is 45.0 Å². The minimum absolute atomic E-state index is 0.0815. The Bertz CT molecular complexity index is 1290. The van der Waals surface area contributed by atoms with Crippen molar-refractivity contribution in [1.82, 2.24) is 9.47 Å². The van der Waals surface area contributed by atoms with Crippen LogP contribution in [0.4, 0.5) is 5.69 Å². The average molecular weight is 422 g/mol. The van der Waals surface area contributed by atoms with Gasteiger partial charge in [-0.25, -0.2) is 0 Å². The number of fused-ring (bicyclic) bond motifs is 2. The van der Waals surface area contributed by atoms with Gasteiger partial charge in [0.15, 0.2) is 4.80 Å². The molecular weight excluding hydrogens is 408 g/mol. The number of nitro groups is 1. The Morgan fingerprint density at radius 2 is 1.83 bits per heavy atom. The first-order valence-corrected chi connectivity index (χ1v) is 9.64. The number of imide groups is 1. The minimum atomic E-state index is -0.677. The van der Waals surface area contributed by atoms with E-state index >= 15 is 0 Å². The largest absolute Gasteiger partial charge is 0.312 e. The number of nitro benzene ring substituents is 1. The predicted octanol–water partition coefficient (Wildman–Crippen LogP) is 2.52. The van der Waals surface area contributed by atoms with E-state index in [0.29, 0.717) is 15.0 Å². The zero-order valence-corrected chi connectivity index (χ0v) is 16.3. The van der Waals surface area contributed by atoms with Crippen molar-refractivity contribution in [2.45, 2.75) is 6.54 Å². The third kappa shape index (κ3) is 3.22. The lowest BCUT2D eigenvalue weighted by Gasteiger charge is -2.10. The molecule has 0 radical (unpaired) electrons. The van der Waals surface area contributed by atoms with E-state index in [1.807, 2.05) is 0 Å². The van der Waals surface area contributed by atoms with Gasteiger partial charge >= 0.3 is 0 Å². The van der Waals surface area contributed by atoms with Crippen molar-refractivity contribution in [2.75, 3.05) is 6.54 Å². The summed E-state index contributed by atoms with van der Waals surface area (Å²) in [5.74, 6) is -1.75. The fourth-order valence-electron chi connectivity index (χ4n) is 3.22. The number of allylic oxidation sites excluding steroid dienone is 1. The lowest BCUT2D eigenvalue weighted by molar-refractivity contribution is -0.384. The molecule has 1 aromatic heterocycles. The first-order valence-electron chi connectivity index (χ1n) is 8.82. The monoisotopic (exact) mass is 422 g/mol. The first kappa shape index (κ1) is 19.4. The van der Waals surface area contributed by atoms with Crippen LogP contribution in [0.15, 0.2) is 60.1 Å². The van der Waals surface area contributed by atoms with Crippen LogP contribution in [0.2, 0.25) is 0 Å². The van der Waals surface area contributed by atoms with Gasteiger partial charge in [-0.3, -0.25) is 29.4 Å². The zero-order valence-electron chi connectivity index (χ0n) is 15.5. The molecule has 0 bridgehead atoms. The summed E-state index contributed by atoms with van der Waals surface area (Å²) in [6.45, 7) is 3.46. The summed E-state index contributed by atoms with van der Waals surface area (Å²) in [6.07, 6.45) is 1.58. The van der Waals surface area contributed by atoms with Gasteiger partial charge in [-0.05, 0) is 18.2 Å². The highest BCUT2D eigenvalue weighted by Crippen LogP contribution is 2.24. The van der Waals surface area contributed by atoms with Crippen LogP contribution in [0.1, 0.15) is 20.7 Å². The van der Waals surface area contributed by atoms with Crippen LogP contribution in [0, 0.1) is 10.1 Å². The third-order valence-electron chi connectivity index (χ3n) is 4.58. The maximum absolute atomic E-state index is 12.6. The van der Waals surface area contributed by atoms with Crippen molar-refractivity contribution in [3.05, 3.63) is 81.2 Å². The molecule has 0 saturated carbocycles. The molecule has 0 N–H and O–H groups in total. The van der Waals surface area contributed by atoms with E-state index in [1.54, 1.807) is 28.8 Å². The summed E-state index contributed by atoms with van der Waals surface area (Å²) in [6, 6.07) is 10.7. The highest BCUT2D eigenvalue weighted by Gasteiger charge is 2.36. The molecule has 10 heteroatoms. The number of aromatic nitrogens is 1. The molecule has 1 aliphatic heterocycles. The molecule has 4 rings (SSSR count). The van der Waals surface area contributed by atoms with Gasteiger partial charge in [0.25, 0.3) is 23.4 Å². The SMILES string of the molecule is C=CCn1c(=NC(=O)CN2C(=O)c3ccccc3C2=O)sc2ccc([N+](=O)[O-])cc21. The van der Waals surface area contributed by atoms with E-state index in [4.69, 9.17) is 0 Å². The summed E-state index contributed by atoms with van der Waals surface area (Å²) in [5.41, 5.74) is 0.973. The fraction of sp³-hybridized carbons (Fsp3) is 0.100. The summed E-state index contributed by atoms with van der Waals surface area (Å²) in [5, 5.41) is 11.1. The van der Waals surface area contributed by atoms with E-state index in [1.165, 1.54) is 35.6 Å². The number of carbonyl (C=O) groups excluding carboxylic acids is 3. The number of hydrogen-bond acceptors (Lipinski definition) is 6. The molecule has 2 heterocycles. The summed E-state index contributed by atoms with van der Waals surface area (Å²) >= 11 is 1.18. The van der Waals surface area contributed by atoms with Crippen molar-refractivity contribution < 1.29 is 19.3 Å². The molecule has 0 aliphatic carbocycles. The van der Waals surface area contributed by atoms with Gasteiger partial charge in [0, 0.05) is 18.7 Å². The summed E-state index contributed by atoms with van der Waals surface area (Å²) in [4.78, 5) is 53.2. The Morgan fingerprint density at radius 1 is 1.17 bits per heavy atom. The summed E-state index contributed by atoms with van der Waals surface area (Å²) < 4.78 is 2.33. The molecule has 30 heavy (non-hydrogen) atoms. The smallest absolute Gasteiger partial charge is 0.271 e. The minimum Gasteiger partial charge on any atom is -0.312 e. The van der Waals surface area contributed by atoms with Gasteiger partial charge in [0.1, 0.15) is 6.54 Å². The van der Waals surface area contributed by atoms with Crippen molar-refractivity contribution in [3.63, 3.8) is 0 Å². The maximum Gasteiger partial charge on any atom is 0.271 e. The number of amides is 3. The number of nitrogens with zero attached hydrogens (tertiary/aromatic N) is 4. The van der Waals surface area contributed by atoms with Crippen LogP contribution in [0.5, 0.6) is 0 Å². The molecule has 150 valence electrons.